The molecule has 0 atom stereocenters. The van der Waals surface area contributed by atoms with Crippen LogP contribution in [0.15, 0.2) is 72.8 Å². The van der Waals surface area contributed by atoms with Crippen molar-refractivity contribution < 1.29 is 27.5 Å². The molecule has 2 amide bonds. The third-order valence-electron chi connectivity index (χ3n) is 4.35. The fourth-order valence-electron chi connectivity index (χ4n) is 2.74. The van der Waals surface area contributed by atoms with Gasteiger partial charge in [-0.25, -0.2) is 0 Å². The van der Waals surface area contributed by atoms with Crippen LogP contribution in [0, 0.1) is 0 Å². The van der Waals surface area contributed by atoms with Gasteiger partial charge in [-0.2, -0.15) is 13.2 Å². The number of rotatable bonds is 7. The fraction of sp³-hybridized carbons (Fsp3) is 0.130. The first-order valence-electron chi connectivity index (χ1n) is 9.44. The van der Waals surface area contributed by atoms with Crippen LogP contribution in [0.1, 0.15) is 21.5 Å². The molecule has 0 bridgehead atoms. The van der Waals surface area contributed by atoms with Gasteiger partial charge in [-0.1, -0.05) is 35.9 Å². The van der Waals surface area contributed by atoms with Crippen LogP contribution in [-0.4, -0.2) is 18.4 Å². The highest BCUT2D eigenvalue weighted by molar-refractivity contribution is 6.30. The largest absolute Gasteiger partial charge is 0.483 e. The van der Waals surface area contributed by atoms with Crippen molar-refractivity contribution >= 4 is 29.1 Å². The van der Waals surface area contributed by atoms with Crippen molar-refractivity contribution in [1.29, 1.82) is 0 Å². The van der Waals surface area contributed by atoms with Crippen molar-refractivity contribution in [3.63, 3.8) is 0 Å². The minimum atomic E-state index is -4.42. The van der Waals surface area contributed by atoms with Gasteiger partial charge in [-0.05, 0) is 54.1 Å². The topological polar surface area (TPSA) is 67.4 Å². The molecule has 3 rings (SSSR count). The van der Waals surface area contributed by atoms with Gasteiger partial charge in [0, 0.05) is 17.3 Å². The monoisotopic (exact) mass is 462 g/mol. The highest BCUT2D eigenvalue weighted by atomic mass is 35.5. The van der Waals surface area contributed by atoms with Gasteiger partial charge < -0.3 is 15.4 Å². The molecule has 32 heavy (non-hydrogen) atoms. The molecule has 0 aromatic heterocycles. The third kappa shape index (κ3) is 6.49. The minimum absolute atomic E-state index is 0.0301. The summed E-state index contributed by atoms with van der Waals surface area (Å²) in [6.07, 6.45) is -4.42. The summed E-state index contributed by atoms with van der Waals surface area (Å²) in [4.78, 5) is 24.7. The van der Waals surface area contributed by atoms with E-state index < -0.39 is 23.6 Å². The highest BCUT2D eigenvalue weighted by Crippen LogP contribution is 2.29. The highest BCUT2D eigenvalue weighted by Gasteiger charge is 2.29. The van der Waals surface area contributed by atoms with E-state index in [-0.39, 0.29) is 24.5 Å². The van der Waals surface area contributed by atoms with E-state index in [1.54, 1.807) is 42.5 Å². The standard InChI is InChI=1S/C23H18ClF3N2O3/c24-17-9-11-18(12-10-17)29-21(30)14-32-20-4-2-1-3-19(20)22(31)28-13-15-5-7-16(8-6-15)23(25,26)27/h1-12H,13-14H2,(H,28,31)(H,29,30). The van der Waals surface area contributed by atoms with Crippen LogP contribution in [0.3, 0.4) is 0 Å². The molecule has 3 aromatic rings. The maximum Gasteiger partial charge on any atom is 0.416 e. The van der Waals surface area contributed by atoms with Crippen molar-refractivity contribution in [3.8, 4) is 5.75 Å². The number of carbonyl (C=O) groups excluding carboxylic acids is 2. The second-order valence-electron chi connectivity index (χ2n) is 6.72. The van der Waals surface area contributed by atoms with Gasteiger partial charge in [0.1, 0.15) is 5.75 Å². The number of halogens is 4. The van der Waals surface area contributed by atoms with Gasteiger partial charge in [0.15, 0.2) is 6.61 Å². The second kappa shape index (κ2) is 10.2. The summed E-state index contributed by atoms with van der Waals surface area (Å²) < 4.78 is 43.4. The minimum Gasteiger partial charge on any atom is -0.483 e. The summed E-state index contributed by atoms with van der Waals surface area (Å²) in [5.74, 6) is -0.713. The molecule has 0 unspecified atom stereocenters. The number of para-hydroxylation sites is 1. The Balaban J connectivity index is 1.57. The van der Waals surface area contributed by atoms with Crippen LogP contribution in [0.4, 0.5) is 18.9 Å². The molecule has 9 heteroatoms. The molecule has 0 aliphatic heterocycles. The molecular weight excluding hydrogens is 445 g/mol. The lowest BCUT2D eigenvalue weighted by atomic mass is 10.1. The Morgan fingerprint density at radius 1 is 0.906 bits per heavy atom. The van der Waals surface area contributed by atoms with Gasteiger partial charge in [-0.3, -0.25) is 9.59 Å². The summed E-state index contributed by atoms with van der Waals surface area (Å²) >= 11 is 5.81. The second-order valence-corrected chi connectivity index (χ2v) is 7.15. The molecule has 5 nitrogen and oxygen atoms in total. The first-order valence-corrected chi connectivity index (χ1v) is 9.82. The number of alkyl halides is 3. The van der Waals surface area contributed by atoms with Gasteiger partial charge >= 0.3 is 6.18 Å². The number of amides is 2. The molecular formula is C23H18ClF3N2O3. The quantitative estimate of drug-likeness (QED) is 0.500. The Kier molecular flexibility index (Phi) is 7.37. The molecule has 0 heterocycles. The number of ether oxygens (including phenoxy) is 1. The van der Waals surface area contributed by atoms with Crippen molar-refractivity contribution in [2.24, 2.45) is 0 Å². The first kappa shape index (κ1) is 23.1. The average Bonchev–Trinajstić information content (AvgIpc) is 2.77. The lowest BCUT2D eigenvalue weighted by Gasteiger charge is -2.12. The van der Waals surface area contributed by atoms with E-state index in [0.717, 1.165) is 12.1 Å². The molecule has 0 saturated heterocycles. The molecule has 0 radical (unpaired) electrons. The summed E-state index contributed by atoms with van der Waals surface area (Å²) in [6.45, 7) is -0.297. The van der Waals surface area contributed by atoms with Crippen LogP contribution in [0.5, 0.6) is 5.75 Å². The normalized spacial score (nSPS) is 11.0. The number of anilines is 1. The van der Waals surface area contributed by atoms with Crippen molar-refractivity contribution in [2.45, 2.75) is 12.7 Å². The number of carbonyl (C=O) groups is 2. The molecule has 2 N–H and O–H groups in total. The maximum absolute atomic E-state index is 12.6. The zero-order valence-electron chi connectivity index (χ0n) is 16.6. The lowest BCUT2D eigenvalue weighted by Crippen LogP contribution is -2.25. The van der Waals surface area contributed by atoms with Crippen LogP contribution >= 0.6 is 11.6 Å². The first-order chi connectivity index (χ1) is 15.2. The molecule has 0 saturated carbocycles. The van der Waals surface area contributed by atoms with E-state index in [0.29, 0.717) is 16.3 Å². The van der Waals surface area contributed by atoms with Gasteiger partial charge in [0.05, 0.1) is 11.1 Å². The molecule has 0 spiro atoms. The molecule has 0 aliphatic carbocycles. The summed E-state index contributed by atoms with van der Waals surface area (Å²) in [5.41, 5.74) is 0.486. The Morgan fingerprint density at radius 3 is 2.22 bits per heavy atom. The average molecular weight is 463 g/mol. The van der Waals surface area contributed by atoms with E-state index in [1.165, 1.54) is 18.2 Å². The number of hydrogen-bond donors (Lipinski definition) is 2. The Hall–Kier alpha value is -3.52. The van der Waals surface area contributed by atoms with E-state index >= 15 is 0 Å². The Bertz CT molecular complexity index is 1080. The van der Waals surface area contributed by atoms with Gasteiger partial charge in [-0.15, -0.1) is 0 Å². The predicted molar refractivity (Wildman–Crippen MR) is 115 cm³/mol. The Labute approximate surface area is 187 Å². The molecule has 3 aromatic carbocycles. The summed E-state index contributed by atoms with van der Waals surface area (Å²) in [6, 6.07) is 17.4. The fourth-order valence-corrected chi connectivity index (χ4v) is 2.87. The lowest BCUT2D eigenvalue weighted by molar-refractivity contribution is -0.137. The van der Waals surface area contributed by atoms with E-state index in [1.807, 2.05) is 0 Å². The van der Waals surface area contributed by atoms with E-state index in [4.69, 9.17) is 16.3 Å². The van der Waals surface area contributed by atoms with Crippen molar-refractivity contribution in [1.82, 2.24) is 5.32 Å². The third-order valence-corrected chi connectivity index (χ3v) is 4.60. The maximum atomic E-state index is 12.6. The number of hydrogen-bond acceptors (Lipinski definition) is 3. The van der Waals surface area contributed by atoms with Crippen molar-refractivity contribution in [3.05, 3.63) is 94.5 Å². The van der Waals surface area contributed by atoms with Crippen LogP contribution in [0.2, 0.25) is 5.02 Å². The number of nitrogens with one attached hydrogen (secondary N) is 2. The van der Waals surface area contributed by atoms with Gasteiger partial charge in [0.2, 0.25) is 0 Å². The smallest absolute Gasteiger partial charge is 0.416 e. The molecule has 166 valence electrons. The van der Waals surface area contributed by atoms with E-state index in [9.17, 15) is 22.8 Å². The SMILES string of the molecule is O=C(COc1ccccc1C(=O)NCc1ccc(C(F)(F)F)cc1)Nc1ccc(Cl)cc1. The molecule has 0 fully saturated rings. The predicted octanol–water partition coefficient (Wildman–Crippen LogP) is 5.31. The van der Waals surface area contributed by atoms with Crippen LogP contribution in [-0.2, 0) is 17.5 Å². The van der Waals surface area contributed by atoms with Crippen LogP contribution < -0.4 is 15.4 Å². The summed E-state index contributed by atoms with van der Waals surface area (Å²) in [5, 5.41) is 5.82. The van der Waals surface area contributed by atoms with Gasteiger partial charge in [0.25, 0.3) is 11.8 Å². The summed E-state index contributed by atoms with van der Waals surface area (Å²) in [7, 11) is 0. The zero-order valence-corrected chi connectivity index (χ0v) is 17.3. The molecule has 0 aliphatic rings. The Morgan fingerprint density at radius 2 is 1.56 bits per heavy atom. The van der Waals surface area contributed by atoms with E-state index in [2.05, 4.69) is 10.6 Å². The zero-order chi connectivity index (χ0) is 23.1. The number of benzene rings is 3. The van der Waals surface area contributed by atoms with Crippen LogP contribution in [0.25, 0.3) is 0 Å². The van der Waals surface area contributed by atoms with Crippen molar-refractivity contribution in [2.75, 3.05) is 11.9 Å².